The first kappa shape index (κ1) is 44.0. The lowest BCUT2D eigenvalue weighted by Gasteiger charge is -2.29. The third kappa shape index (κ3) is 8.21. The fourth-order valence-corrected chi connectivity index (χ4v) is 10.4. The number of ether oxygens (including phenoxy) is 3. The first-order valence-corrected chi connectivity index (χ1v) is 24.0. The van der Waals surface area contributed by atoms with Crippen LogP contribution in [-0.4, -0.2) is 43.0 Å². The number of hydrogen-bond acceptors (Lipinski definition) is 9. The summed E-state index contributed by atoms with van der Waals surface area (Å²) < 4.78 is 44.5. The maximum absolute atomic E-state index is 13.7. The molecule has 340 valence electrons. The van der Waals surface area contributed by atoms with Gasteiger partial charge in [0.2, 0.25) is 9.84 Å². The van der Waals surface area contributed by atoms with Crippen molar-refractivity contribution in [3.63, 3.8) is 0 Å². The van der Waals surface area contributed by atoms with Crippen molar-refractivity contribution < 1.29 is 41.8 Å². The number of benzene rings is 7. The molecule has 7 aromatic rings. The first-order valence-electron chi connectivity index (χ1n) is 22.6. The van der Waals surface area contributed by atoms with Crippen molar-refractivity contribution >= 4 is 39.2 Å². The van der Waals surface area contributed by atoms with Crippen molar-refractivity contribution in [3.05, 3.63) is 197 Å². The van der Waals surface area contributed by atoms with Gasteiger partial charge in [-0.25, -0.2) is 13.3 Å². The minimum absolute atomic E-state index is 0.0410. The summed E-state index contributed by atoms with van der Waals surface area (Å²) in [4.78, 5) is 56.6. The van der Waals surface area contributed by atoms with Gasteiger partial charge in [0.1, 0.15) is 34.5 Å². The number of rotatable bonds is 12. The molecule has 0 atom stereocenters. The molecular weight excluding hydrogens is 877 g/mol. The lowest BCUT2D eigenvalue weighted by molar-refractivity contribution is 0.0548. The quantitative estimate of drug-likeness (QED) is 0.110. The fourth-order valence-electron chi connectivity index (χ4n) is 9.15. The monoisotopic (exact) mass is 922 g/mol. The number of carbonyl (C=O) groups is 4. The van der Waals surface area contributed by atoms with Gasteiger partial charge < -0.3 is 14.2 Å². The zero-order valence-corrected chi connectivity index (χ0v) is 38.4. The maximum atomic E-state index is 13.7. The number of anilines is 1. The summed E-state index contributed by atoms with van der Waals surface area (Å²) in [7, 11) is -3.69. The van der Waals surface area contributed by atoms with Gasteiger partial charge in [-0.05, 0) is 152 Å². The minimum atomic E-state index is -3.69. The van der Waals surface area contributed by atoms with Crippen molar-refractivity contribution in [2.24, 2.45) is 0 Å². The SMILES string of the molecule is Cc1ccc(S(=O)(=O)c2ccc(Oc3ccc(N4C(=O)c5ccc(Oc6ccc(C(C)(C)c7ccc(Oc8ccc9c(c8)C(=O)N(C8CCCCC8)C9=O)cc7)cc6)cc5C4=O)cc3)cc2)cc1. The molecule has 7 aromatic carbocycles. The van der Waals surface area contributed by atoms with E-state index in [1.807, 2.05) is 55.5 Å². The van der Waals surface area contributed by atoms with Gasteiger partial charge in [0, 0.05) is 11.5 Å². The Morgan fingerprint density at radius 1 is 0.456 bits per heavy atom. The molecule has 12 heteroatoms. The van der Waals surface area contributed by atoms with Gasteiger partial charge in [-0.15, -0.1) is 0 Å². The normalized spacial score (nSPS) is 15.1. The number of fused-ring (bicyclic) bond motifs is 2. The molecule has 0 spiro atoms. The van der Waals surface area contributed by atoms with E-state index in [1.165, 1.54) is 17.0 Å². The van der Waals surface area contributed by atoms with E-state index in [2.05, 4.69) is 13.8 Å². The Morgan fingerprint density at radius 2 is 0.838 bits per heavy atom. The molecule has 10 rings (SSSR count). The van der Waals surface area contributed by atoms with E-state index in [4.69, 9.17) is 14.2 Å². The van der Waals surface area contributed by atoms with Crippen molar-refractivity contribution in [1.82, 2.24) is 4.90 Å². The molecule has 0 bridgehead atoms. The van der Waals surface area contributed by atoms with Crippen LogP contribution in [0.3, 0.4) is 0 Å². The second kappa shape index (κ2) is 17.4. The Balaban J connectivity index is 0.757. The van der Waals surface area contributed by atoms with Gasteiger partial charge in [-0.2, -0.15) is 0 Å². The lowest BCUT2D eigenvalue weighted by atomic mass is 9.78. The maximum Gasteiger partial charge on any atom is 0.266 e. The third-order valence-electron chi connectivity index (χ3n) is 13.1. The van der Waals surface area contributed by atoms with E-state index in [-0.39, 0.29) is 38.8 Å². The molecule has 1 saturated carbocycles. The number of sulfone groups is 1. The molecule has 0 N–H and O–H groups in total. The van der Waals surface area contributed by atoms with Gasteiger partial charge in [0.05, 0.1) is 37.7 Å². The second-order valence-electron chi connectivity index (χ2n) is 17.9. The summed E-state index contributed by atoms with van der Waals surface area (Å²) >= 11 is 0. The lowest BCUT2D eigenvalue weighted by Crippen LogP contribution is -2.40. The predicted octanol–water partition coefficient (Wildman–Crippen LogP) is 12.3. The number of imide groups is 2. The molecule has 2 heterocycles. The first-order chi connectivity index (χ1) is 32.7. The summed E-state index contributed by atoms with van der Waals surface area (Å²) in [6.07, 6.45) is 4.89. The number of carbonyl (C=O) groups excluding carboxylic acids is 4. The summed E-state index contributed by atoms with van der Waals surface area (Å²) in [6.45, 7) is 6.14. The largest absolute Gasteiger partial charge is 0.457 e. The van der Waals surface area contributed by atoms with Gasteiger partial charge in [0.25, 0.3) is 23.6 Å². The fraction of sp³-hybridized carbons (Fsp3) is 0.179. The molecule has 0 aromatic heterocycles. The summed E-state index contributed by atoms with van der Waals surface area (Å²) in [5, 5.41) is 0. The molecule has 11 nitrogen and oxygen atoms in total. The van der Waals surface area contributed by atoms with Crippen LogP contribution in [0.5, 0.6) is 34.5 Å². The van der Waals surface area contributed by atoms with Crippen LogP contribution < -0.4 is 19.1 Å². The molecule has 68 heavy (non-hydrogen) atoms. The third-order valence-corrected chi connectivity index (χ3v) is 14.9. The topological polar surface area (TPSA) is 137 Å². The molecule has 0 unspecified atom stereocenters. The average Bonchev–Trinajstić information content (AvgIpc) is 3.75. The van der Waals surface area contributed by atoms with Gasteiger partial charge in [-0.3, -0.25) is 24.1 Å². The predicted molar refractivity (Wildman–Crippen MR) is 256 cm³/mol. The van der Waals surface area contributed by atoms with Crippen LogP contribution >= 0.6 is 0 Å². The highest BCUT2D eigenvalue weighted by Gasteiger charge is 2.41. The summed E-state index contributed by atoms with van der Waals surface area (Å²) in [5.41, 5.74) is 4.31. The van der Waals surface area contributed by atoms with E-state index >= 15 is 0 Å². The number of nitrogens with zero attached hydrogens (tertiary/aromatic N) is 2. The van der Waals surface area contributed by atoms with E-state index < -0.39 is 27.1 Å². The van der Waals surface area contributed by atoms with E-state index in [0.29, 0.717) is 51.3 Å². The second-order valence-corrected chi connectivity index (χ2v) is 19.8. The van der Waals surface area contributed by atoms with Gasteiger partial charge in [-0.1, -0.05) is 75.1 Å². The van der Waals surface area contributed by atoms with Crippen LogP contribution in [-0.2, 0) is 15.3 Å². The van der Waals surface area contributed by atoms with Gasteiger partial charge >= 0.3 is 0 Å². The zero-order valence-electron chi connectivity index (χ0n) is 37.6. The molecule has 1 aliphatic carbocycles. The Morgan fingerprint density at radius 3 is 1.35 bits per heavy atom. The Hall–Kier alpha value is -7.83. The molecule has 2 aliphatic heterocycles. The molecule has 0 radical (unpaired) electrons. The van der Waals surface area contributed by atoms with Crippen molar-refractivity contribution in [2.75, 3.05) is 4.90 Å². The summed E-state index contributed by atoms with van der Waals surface area (Å²) in [6, 6.07) is 44.7. The number of hydrogen-bond donors (Lipinski definition) is 0. The molecule has 1 fully saturated rings. The minimum Gasteiger partial charge on any atom is -0.457 e. The van der Waals surface area contributed by atoms with Crippen LogP contribution in [0.1, 0.15) is 104 Å². The summed E-state index contributed by atoms with van der Waals surface area (Å²) in [5.74, 6) is 1.49. The zero-order chi connectivity index (χ0) is 47.3. The smallest absolute Gasteiger partial charge is 0.266 e. The molecule has 3 aliphatic rings. The average molecular weight is 923 g/mol. The number of aryl methyl sites for hydroxylation is 1. The Labute approximate surface area is 394 Å². The van der Waals surface area contributed by atoms with Crippen LogP contribution in [0.2, 0.25) is 0 Å². The van der Waals surface area contributed by atoms with E-state index in [9.17, 15) is 27.6 Å². The highest BCUT2D eigenvalue weighted by atomic mass is 32.2. The highest BCUT2D eigenvalue weighted by Crippen LogP contribution is 2.38. The van der Waals surface area contributed by atoms with Gasteiger partial charge in [0.15, 0.2) is 0 Å². The van der Waals surface area contributed by atoms with E-state index in [1.54, 1.807) is 97.1 Å². The molecular formula is C56H46N2O9S. The van der Waals surface area contributed by atoms with Crippen LogP contribution in [0.15, 0.2) is 168 Å². The Kier molecular flexibility index (Phi) is 11.3. The highest BCUT2D eigenvalue weighted by molar-refractivity contribution is 7.91. The molecule has 0 saturated heterocycles. The van der Waals surface area contributed by atoms with Crippen LogP contribution in [0.25, 0.3) is 0 Å². The van der Waals surface area contributed by atoms with Crippen molar-refractivity contribution in [2.45, 2.75) is 74.1 Å². The van der Waals surface area contributed by atoms with E-state index in [0.717, 1.165) is 53.7 Å². The van der Waals surface area contributed by atoms with Crippen molar-refractivity contribution in [3.8, 4) is 34.5 Å². The Bertz CT molecular complexity index is 3230. The van der Waals surface area contributed by atoms with Crippen LogP contribution in [0, 0.1) is 6.92 Å². The standard InChI is InChI=1S/C56H46N2O9S/c1-35-9-27-46(28-10-35)68(63,64)47-29-23-43(24-30-47)65-42-21-15-39(16-22-42)58-53(60)49-32-26-45(34-51(49)55(58)62)67-41-19-13-37(14-20-41)56(2,3)36-11-17-40(18-12-36)66-44-25-31-48-50(33-44)54(61)57(52(48)59)38-7-5-4-6-8-38/h9-34,38H,4-8H2,1-3H3. The molecule has 4 amide bonds. The number of amides is 4. The van der Waals surface area contributed by atoms with Crippen LogP contribution in [0.4, 0.5) is 5.69 Å². The van der Waals surface area contributed by atoms with Crippen molar-refractivity contribution in [1.29, 1.82) is 0 Å².